The molecule has 0 aliphatic carbocycles. The molecule has 1 atom stereocenters. The second-order valence-electron chi connectivity index (χ2n) is 6.93. The van der Waals surface area contributed by atoms with Crippen LogP contribution in [0.5, 0.6) is 5.88 Å². The van der Waals surface area contributed by atoms with Gasteiger partial charge in [0.2, 0.25) is 11.8 Å². The molecule has 0 fully saturated rings. The van der Waals surface area contributed by atoms with Crippen molar-refractivity contribution in [1.29, 1.82) is 5.26 Å². The first kappa shape index (κ1) is 19.3. The molecular weight excluding hydrogens is 435 g/mol. The summed E-state index contributed by atoms with van der Waals surface area (Å²) in [4.78, 5) is 0. The van der Waals surface area contributed by atoms with Crippen LogP contribution < -0.4 is 10.5 Å². The van der Waals surface area contributed by atoms with E-state index in [-0.39, 0.29) is 11.5 Å². The van der Waals surface area contributed by atoms with Gasteiger partial charge in [-0.05, 0) is 35.9 Å². The lowest BCUT2D eigenvalue weighted by atomic mass is 9.86. The van der Waals surface area contributed by atoms with Gasteiger partial charge in [0.25, 0.3) is 0 Å². The average Bonchev–Trinajstić information content (AvgIpc) is 3.41. The summed E-state index contributed by atoms with van der Waals surface area (Å²) in [5.41, 5.74) is 9.28. The maximum absolute atomic E-state index is 9.84. The Balaban J connectivity index is 1.67. The number of ether oxygens (including phenoxy) is 1. The molecule has 152 valence electrons. The number of H-pyrrole nitrogens is 1. The predicted molar refractivity (Wildman–Crippen MR) is 117 cm³/mol. The molecule has 3 heterocycles. The molecule has 0 saturated carbocycles. The number of rotatable bonds is 3. The monoisotopic (exact) mass is 448 g/mol. The second-order valence-corrected chi connectivity index (χ2v) is 7.78. The van der Waals surface area contributed by atoms with Gasteiger partial charge >= 0.3 is 0 Å². The smallest absolute Gasteiger partial charge is 0.244 e. The van der Waals surface area contributed by atoms with E-state index in [2.05, 4.69) is 16.3 Å². The van der Waals surface area contributed by atoms with Crippen molar-refractivity contribution in [3.8, 4) is 34.5 Å². The van der Waals surface area contributed by atoms with Crippen LogP contribution in [-0.4, -0.2) is 10.2 Å². The van der Waals surface area contributed by atoms with E-state index in [4.69, 9.17) is 38.1 Å². The largest absolute Gasteiger partial charge is 0.460 e. The van der Waals surface area contributed by atoms with Gasteiger partial charge in [0.05, 0.1) is 22.2 Å². The van der Waals surface area contributed by atoms with Crippen LogP contribution in [0.3, 0.4) is 0 Å². The molecule has 0 bridgehead atoms. The molecule has 2 aromatic heterocycles. The van der Waals surface area contributed by atoms with Crippen molar-refractivity contribution in [3.63, 3.8) is 0 Å². The normalized spacial score (nSPS) is 15.3. The van der Waals surface area contributed by atoms with Crippen molar-refractivity contribution < 1.29 is 9.15 Å². The number of allylic oxidation sites excluding steroid dienone is 1. The number of aromatic amines is 1. The fraction of sp³-hybridized carbons (Fsp3) is 0.0435. The number of hydrogen-bond donors (Lipinski definition) is 2. The van der Waals surface area contributed by atoms with Crippen molar-refractivity contribution in [2.75, 3.05) is 0 Å². The fourth-order valence-corrected chi connectivity index (χ4v) is 4.20. The molecule has 8 heteroatoms. The Kier molecular flexibility index (Phi) is 4.70. The number of furan rings is 1. The molecule has 1 unspecified atom stereocenters. The summed E-state index contributed by atoms with van der Waals surface area (Å²) < 4.78 is 11.8. The van der Waals surface area contributed by atoms with Crippen LogP contribution in [0.4, 0.5) is 0 Å². The lowest BCUT2D eigenvalue weighted by Crippen LogP contribution is -2.20. The Bertz CT molecular complexity index is 1370. The predicted octanol–water partition coefficient (Wildman–Crippen LogP) is 5.86. The number of halogens is 2. The first-order valence-corrected chi connectivity index (χ1v) is 10.1. The minimum Gasteiger partial charge on any atom is -0.460 e. The van der Waals surface area contributed by atoms with E-state index in [1.54, 1.807) is 30.3 Å². The van der Waals surface area contributed by atoms with Crippen LogP contribution in [-0.2, 0) is 0 Å². The number of nitrogens with one attached hydrogen (secondary N) is 1. The van der Waals surface area contributed by atoms with Crippen LogP contribution in [0.25, 0.3) is 22.6 Å². The summed E-state index contributed by atoms with van der Waals surface area (Å²) in [7, 11) is 0. The number of benzene rings is 2. The summed E-state index contributed by atoms with van der Waals surface area (Å²) in [5, 5.41) is 18.1. The molecular formula is C23H14Cl2N4O2. The Labute approximate surface area is 187 Å². The van der Waals surface area contributed by atoms with Crippen LogP contribution >= 0.6 is 23.2 Å². The lowest BCUT2D eigenvalue weighted by molar-refractivity contribution is 0.372. The Morgan fingerprint density at radius 1 is 1.06 bits per heavy atom. The number of hydrogen-bond acceptors (Lipinski definition) is 5. The Morgan fingerprint density at radius 3 is 2.61 bits per heavy atom. The van der Waals surface area contributed by atoms with E-state index in [1.807, 2.05) is 30.3 Å². The molecule has 4 aromatic rings. The van der Waals surface area contributed by atoms with Gasteiger partial charge in [0.1, 0.15) is 23.2 Å². The van der Waals surface area contributed by atoms with Gasteiger partial charge < -0.3 is 14.9 Å². The van der Waals surface area contributed by atoms with Gasteiger partial charge in [-0.3, -0.25) is 5.10 Å². The van der Waals surface area contributed by atoms with E-state index in [1.165, 1.54) is 0 Å². The van der Waals surface area contributed by atoms with Gasteiger partial charge in [-0.25, -0.2) is 0 Å². The lowest BCUT2D eigenvalue weighted by Gasteiger charge is -2.22. The first-order chi connectivity index (χ1) is 15.1. The van der Waals surface area contributed by atoms with E-state index in [9.17, 15) is 5.26 Å². The number of nitriles is 1. The summed E-state index contributed by atoms with van der Waals surface area (Å²) in [6.07, 6.45) is 0. The van der Waals surface area contributed by atoms with Gasteiger partial charge in [0, 0.05) is 10.6 Å². The maximum atomic E-state index is 9.84. The number of fused-ring (bicyclic) bond motifs is 1. The third kappa shape index (κ3) is 3.25. The average molecular weight is 449 g/mol. The SMILES string of the molecule is N#CC1=C(N)Oc2n[nH]c(-c3ccccc3)c2C1c1ccc(-c2ccc(Cl)cc2Cl)o1. The van der Waals surface area contributed by atoms with Crippen LogP contribution in [0, 0.1) is 11.3 Å². The van der Waals surface area contributed by atoms with E-state index >= 15 is 0 Å². The summed E-state index contributed by atoms with van der Waals surface area (Å²) in [5.74, 6) is 0.771. The standard InChI is InChI=1S/C23H14Cl2N4O2/c24-13-6-7-14(16(25)10-13)17-8-9-18(30-17)19-15(11-26)22(27)31-23-20(19)21(28-29-23)12-4-2-1-3-5-12/h1-10,19H,27H2,(H,28,29). The molecule has 0 saturated heterocycles. The third-order valence-corrected chi connectivity index (χ3v) is 5.66. The molecule has 1 aliphatic heterocycles. The Morgan fingerprint density at radius 2 is 1.87 bits per heavy atom. The molecule has 0 amide bonds. The highest BCUT2D eigenvalue weighted by Gasteiger charge is 2.37. The zero-order chi connectivity index (χ0) is 21.5. The van der Waals surface area contributed by atoms with Crippen molar-refractivity contribution in [2.24, 2.45) is 5.73 Å². The van der Waals surface area contributed by atoms with Crippen LogP contribution in [0.2, 0.25) is 10.0 Å². The first-order valence-electron chi connectivity index (χ1n) is 9.33. The van der Waals surface area contributed by atoms with Gasteiger partial charge in [0.15, 0.2) is 0 Å². The number of nitrogens with zero attached hydrogens (tertiary/aromatic N) is 2. The zero-order valence-electron chi connectivity index (χ0n) is 15.9. The summed E-state index contributed by atoms with van der Waals surface area (Å²) in [6.45, 7) is 0. The molecule has 5 rings (SSSR count). The van der Waals surface area contributed by atoms with Gasteiger partial charge in [-0.15, -0.1) is 5.10 Å². The fourth-order valence-electron chi connectivity index (χ4n) is 3.70. The van der Waals surface area contributed by atoms with Crippen molar-refractivity contribution in [2.45, 2.75) is 5.92 Å². The second kappa shape index (κ2) is 7.55. The maximum Gasteiger partial charge on any atom is 0.244 e. The third-order valence-electron chi connectivity index (χ3n) is 5.11. The Hall–Kier alpha value is -3.66. The summed E-state index contributed by atoms with van der Waals surface area (Å²) >= 11 is 12.4. The highest BCUT2D eigenvalue weighted by atomic mass is 35.5. The van der Waals surface area contributed by atoms with Crippen LogP contribution in [0.15, 0.2) is 76.5 Å². The summed E-state index contributed by atoms with van der Waals surface area (Å²) in [6, 6.07) is 20.6. The minimum absolute atomic E-state index is 0.00594. The zero-order valence-corrected chi connectivity index (χ0v) is 17.4. The molecule has 2 aromatic carbocycles. The van der Waals surface area contributed by atoms with E-state index < -0.39 is 5.92 Å². The molecule has 0 spiro atoms. The molecule has 6 nitrogen and oxygen atoms in total. The molecule has 0 radical (unpaired) electrons. The quantitative estimate of drug-likeness (QED) is 0.408. The molecule has 31 heavy (non-hydrogen) atoms. The highest BCUT2D eigenvalue weighted by molar-refractivity contribution is 6.36. The van der Waals surface area contributed by atoms with Crippen molar-refractivity contribution in [3.05, 3.63) is 93.5 Å². The van der Waals surface area contributed by atoms with Crippen molar-refractivity contribution in [1.82, 2.24) is 10.2 Å². The van der Waals surface area contributed by atoms with E-state index in [0.29, 0.717) is 38.6 Å². The van der Waals surface area contributed by atoms with Gasteiger partial charge in [-0.2, -0.15) is 5.26 Å². The highest BCUT2D eigenvalue weighted by Crippen LogP contribution is 2.46. The number of aromatic nitrogens is 2. The topological polar surface area (TPSA) is 101 Å². The number of nitrogens with two attached hydrogens (primary N) is 1. The van der Waals surface area contributed by atoms with E-state index in [0.717, 1.165) is 11.3 Å². The van der Waals surface area contributed by atoms with Gasteiger partial charge in [-0.1, -0.05) is 53.5 Å². The minimum atomic E-state index is -0.595. The molecule has 3 N–H and O–H groups in total. The van der Waals surface area contributed by atoms with Crippen LogP contribution in [0.1, 0.15) is 17.2 Å². The van der Waals surface area contributed by atoms with Crippen molar-refractivity contribution >= 4 is 23.2 Å². The molecule has 1 aliphatic rings.